The number of hydrogen-bond acceptors (Lipinski definition) is 5. The van der Waals surface area contributed by atoms with Crippen LogP contribution in [0.3, 0.4) is 0 Å². The summed E-state index contributed by atoms with van der Waals surface area (Å²) in [5.74, 6) is 1.66. The van der Waals surface area contributed by atoms with Crippen LogP contribution in [0.5, 0.6) is 11.5 Å². The van der Waals surface area contributed by atoms with Crippen molar-refractivity contribution in [3.63, 3.8) is 0 Å². The molecule has 0 saturated heterocycles. The SMILES string of the molecule is Oc1ccc(-c2nc(-c3ccc(OC4CCCCC4F)cc3)no2)cc1. The zero-order valence-electron chi connectivity index (χ0n) is 14.1. The second kappa shape index (κ2) is 7.15. The molecule has 134 valence electrons. The minimum absolute atomic E-state index is 0.178. The molecule has 6 heteroatoms. The van der Waals surface area contributed by atoms with Gasteiger partial charge < -0.3 is 14.4 Å². The number of ether oxygens (including phenoxy) is 1. The van der Waals surface area contributed by atoms with E-state index in [1.165, 1.54) is 0 Å². The van der Waals surface area contributed by atoms with Gasteiger partial charge in [0, 0.05) is 11.1 Å². The van der Waals surface area contributed by atoms with Gasteiger partial charge in [0.05, 0.1) is 0 Å². The van der Waals surface area contributed by atoms with Crippen molar-refractivity contribution in [3.8, 4) is 34.3 Å². The first-order chi connectivity index (χ1) is 12.7. The quantitative estimate of drug-likeness (QED) is 0.731. The number of aromatic hydroxyl groups is 1. The topological polar surface area (TPSA) is 68.4 Å². The van der Waals surface area contributed by atoms with Gasteiger partial charge in [-0.1, -0.05) is 11.6 Å². The molecule has 1 fully saturated rings. The number of nitrogens with zero attached hydrogens (tertiary/aromatic N) is 2. The first-order valence-corrected chi connectivity index (χ1v) is 8.73. The highest BCUT2D eigenvalue weighted by atomic mass is 19.1. The van der Waals surface area contributed by atoms with Crippen molar-refractivity contribution in [2.24, 2.45) is 0 Å². The summed E-state index contributed by atoms with van der Waals surface area (Å²) in [4.78, 5) is 4.38. The lowest BCUT2D eigenvalue weighted by molar-refractivity contribution is 0.0638. The third kappa shape index (κ3) is 3.54. The number of hydrogen-bond donors (Lipinski definition) is 1. The Balaban J connectivity index is 1.48. The van der Waals surface area contributed by atoms with E-state index in [2.05, 4.69) is 10.1 Å². The Morgan fingerprint density at radius 2 is 1.65 bits per heavy atom. The van der Waals surface area contributed by atoms with Gasteiger partial charge >= 0.3 is 0 Å². The van der Waals surface area contributed by atoms with Crippen molar-refractivity contribution in [1.82, 2.24) is 10.1 Å². The maximum absolute atomic E-state index is 13.9. The summed E-state index contributed by atoms with van der Waals surface area (Å²) in [5, 5.41) is 13.3. The third-order valence-electron chi connectivity index (χ3n) is 4.56. The van der Waals surface area contributed by atoms with Crippen molar-refractivity contribution in [1.29, 1.82) is 0 Å². The van der Waals surface area contributed by atoms with E-state index in [1.807, 2.05) is 12.1 Å². The summed E-state index contributed by atoms with van der Waals surface area (Å²) in [6.07, 6.45) is 2.01. The van der Waals surface area contributed by atoms with Crippen LogP contribution in [-0.4, -0.2) is 27.5 Å². The predicted molar refractivity (Wildman–Crippen MR) is 94.6 cm³/mol. The molecule has 0 aliphatic heterocycles. The highest BCUT2D eigenvalue weighted by Crippen LogP contribution is 2.28. The average molecular weight is 354 g/mol. The Kier molecular flexibility index (Phi) is 4.56. The molecule has 2 atom stereocenters. The number of benzene rings is 2. The van der Waals surface area contributed by atoms with Gasteiger partial charge in [-0.15, -0.1) is 0 Å². The fraction of sp³-hybridized carbons (Fsp3) is 0.300. The van der Waals surface area contributed by atoms with Gasteiger partial charge in [-0.3, -0.25) is 0 Å². The van der Waals surface area contributed by atoms with Crippen molar-refractivity contribution >= 4 is 0 Å². The summed E-state index contributed by atoms with van der Waals surface area (Å²) < 4.78 is 25.0. The zero-order chi connectivity index (χ0) is 17.9. The van der Waals surface area contributed by atoms with E-state index in [-0.39, 0.29) is 11.9 Å². The van der Waals surface area contributed by atoms with Gasteiger partial charge in [0.15, 0.2) is 0 Å². The molecule has 1 N–H and O–H groups in total. The molecule has 3 aromatic rings. The standard InChI is InChI=1S/C20H19FN2O3/c21-17-3-1-2-4-18(17)25-16-11-7-13(8-12-16)19-22-20(26-23-19)14-5-9-15(24)10-6-14/h5-12,17-18,24H,1-4H2. The van der Waals surface area contributed by atoms with Crippen molar-refractivity contribution in [3.05, 3.63) is 48.5 Å². The lowest BCUT2D eigenvalue weighted by Crippen LogP contribution is -2.31. The van der Waals surface area contributed by atoms with Crippen LogP contribution in [0.25, 0.3) is 22.8 Å². The first-order valence-electron chi connectivity index (χ1n) is 8.73. The third-order valence-corrected chi connectivity index (χ3v) is 4.56. The van der Waals surface area contributed by atoms with Crippen LogP contribution in [0.15, 0.2) is 53.1 Å². The minimum atomic E-state index is -0.895. The van der Waals surface area contributed by atoms with Gasteiger partial charge in [0.25, 0.3) is 5.89 Å². The van der Waals surface area contributed by atoms with E-state index < -0.39 is 6.17 Å². The van der Waals surface area contributed by atoms with Crippen molar-refractivity contribution in [2.75, 3.05) is 0 Å². The molecule has 1 aliphatic carbocycles. The molecular weight excluding hydrogens is 335 g/mol. The lowest BCUT2D eigenvalue weighted by Gasteiger charge is -2.26. The lowest BCUT2D eigenvalue weighted by atomic mass is 9.96. The highest BCUT2D eigenvalue weighted by Gasteiger charge is 2.26. The fourth-order valence-electron chi connectivity index (χ4n) is 3.10. The molecule has 2 unspecified atom stereocenters. The van der Waals surface area contributed by atoms with Crippen molar-refractivity contribution in [2.45, 2.75) is 38.0 Å². The van der Waals surface area contributed by atoms with E-state index in [0.29, 0.717) is 23.9 Å². The smallest absolute Gasteiger partial charge is 0.258 e. The fourth-order valence-corrected chi connectivity index (χ4v) is 3.10. The molecule has 26 heavy (non-hydrogen) atoms. The molecule has 1 heterocycles. The Morgan fingerprint density at radius 1 is 0.962 bits per heavy atom. The number of aromatic nitrogens is 2. The second-order valence-electron chi connectivity index (χ2n) is 6.45. The molecule has 0 spiro atoms. The average Bonchev–Trinajstić information content (AvgIpc) is 3.15. The number of halogens is 1. The number of phenolic OH excluding ortho intramolecular Hbond substituents is 1. The molecular formula is C20H19FN2O3. The Labute approximate surface area is 150 Å². The van der Waals surface area contributed by atoms with Gasteiger partial charge in [0.2, 0.25) is 5.82 Å². The monoisotopic (exact) mass is 354 g/mol. The van der Waals surface area contributed by atoms with Crippen LogP contribution in [0.1, 0.15) is 25.7 Å². The Hall–Kier alpha value is -2.89. The predicted octanol–water partition coefficient (Wildman–Crippen LogP) is 4.77. The molecule has 1 saturated carbocycles. The maximum atomic E-state index is 13.9. The van der Waals surface area contributed by atoms with Gasteiger partial charge in [-0.05, 0) is 67.8 Å². The van der Waals surface area contributed by atoms with Crippen LogP contribution in [-0.2, 0) is 0 Å². The summed E-state index contributed by atoms with van der Waals surface area (Å²) >= 11 is 0. The van der Waals surface area contributed by atoms with Crippen molar-refractivity contribution < 1.29 is 18.8 Å². The molecule has 0 bridgehead atoms. The maximum Gasteiger partial charge on any atom is 0.258 e. The largest absolute Gasteiger partial charge is 0.508 e. The number of alkyl halides is 1. The summed E-state index contributed by atoms with van der Waals surface area (Å²) in [7, 11) is 0. The van der Waals surface area contributed by atoms with E-state index in [9.17, 15) is 9.50 Å². The number of phenols is 1. The van der Waals surface area contributed by atoms with E-state index in [4.69, 9.17) is 9.26 Å². The molecule has 4 rings (SSSR count). The number of rotatable bonds is 4. The highest BCUT2D eigenvalue weighted by molar-refractivity contribution is 5.60. The molecule has 5 nitrogen and oxygen atoms in total. The molecule has 2 aromatic carbocycles. The minimum Gasteiger partial charge on any atom is -0.508 e. The van der Waals surface area contributed by atoms with Crippen LogP contribution < -0.4 is 4.74 Å². The molecule has 0 amide bonds. The normalized spacial score (nSPS) is 20.0. The Bertz CT molecular complexity index is 862. The van der Waals surface area contributed by atoms with E-state index in [1.54, 1.807) is 36.4 Å². The van der Waals surface area contributed by atoms with Crippen LogP contribution in [0.4, 0.5) is 4.39 Å². The van der Waals surface area contributed by atoms with Gasteiger partial charge in [0.1, 0.15) is 23.8 Å². The Morgan fingerprint density at radius 3 is 2.38 bits per heavy atom. The molecule has 1 aliphatic rings. The van der Waals surface area contributed by atoms with Gasteiger partial charge in [-0.2, -0.15) is 4.98 Å². The van der Waals surface area contributed by atoms with E-state index in [0.717, 1.165) is 30.4 Å². The summed E-state index contributed by atoms with van der Waals surface area (Å²) in [6, 6.07) is 13.8. The zero-order valence-corrected chi connectivity index (χ0v) is 14.1. The first kappa shape index (κ1) is 16.6. The van der Waals surface area contributed by atoms with Crippen LogP contribution >= 0.6 is 0 Å². The van der Waals surface area contributed by atoms with Crippen LogP contribution in [0, 0.1) is 0 Å². The molecule has 1 aromatic heterocycles. The molecule has 0 radical (unpaired) electrons. The second-order valence-corrected chi connectivity index (χ2v) is 6.45. The van der Waals surface area contributed by atoms with Crippen LogP contribution in [0.2, 0.25) is 0 Å². The van der Waals surface area contributed by atoms with Gasteiger partial charge in [-0.25, -0.2) is 4.39 Å². The van der Waals surface area contributed by atoms with E-state index >= 15 is 0 Å². The summed E-state index contributed by atoms with van der Waals surface area (Å²) in [6.45, 7) is 0. The summed E-state index contributed by atoms with van der Waals surface area (Å²) in [5.41, 5.74) is 1.51.